The van der Waals surface area contributed by atoms with Gasteiger partial charge in [0.05, 0.1) is 6.10 Å². The third-order valence-corrected chi connectivity index (χ3v) is 3.64. The van der Waals surface area contributed by atoms with Crippen molar-refractivity contribution in [2.45, 2.75) is 52.2 Å². The van der Waals surface area contributed by atoms with Crippen molar-refractivity contribution < 1.29 is 39.2 Å². The smallest absolute Gasteiger partial charge is 0.414 e. The van der Waals surface area contributed by atoms with Crippen LogP contribution in [0.3, 0.4) is 0 Å². The fraction of sp³-hybridized carbons (Fsp3) is 0.571. The SMILES string of the molecule is CC(=O)CCc1ccc(OCC(O)CNCCCOC(C)C)cc1.O=C(O)C(=O)O. The van der Waals surface area contributed by atoms with E-state index < -0.39 is 18.0 Å². The fourth-order valence-corrected chi connectivity index (χ4v) is 2.11. The van der Waals surface area contributed by atoms with Crippen LogP contribution in [0.1, 0.15) is 39.2 Å². The maximum atomic E-state index is 11.0. The second kappa shape index (κ2) is 16.3. The van der Waals surface area contributed by atoms with Gasteiger partial charge in [0.15, 0.2) is 0 Å². The van der Waals surface area contributed by atoms with Gasteiger partial charge in [0, 0.05) is 19.6 Å². The Kier molecular flexibility index (Phi) is 15.0. The number of rotatable bonds is 13. The number of aliphatic carboxylic acids is 2. The molecule has 170 valence electrons. The summed E-state index contributed by atoms with van der Waals surface area (Å²) in [5.74, 6) is -2.72. The van der Waals surface area contributed by atoms with Gasteiger partial charge >= 0.3 is 11.9 Å². The molecule has 0 aliphatic carbocycles. The van der Waals surface area contributed by atoms with E-state index in [0.29, 0.717) is 13.0 Å². The van der Waals surface area contributed by atoms with E-state index in [1.54, 1.807) is 6.92 Å². The lowest BCUT2D eigenvalue weighted by molar-refractivity contribution is -0.159. The van der Waals surface area contributed by atoms with E-state index in [1.165, 1.54) is 0 Å². The molecule has 0 heterocycles. The van der Waals surface area contributed by atoms with Crippen LogP contribution >= 0.6 is 0 Å². The zero-order valence-corrected chi connectivity index (χ0v) is 17.8. The topological polar surface area (TPSA) is 142 Å². The van der Waals surface area contributed by atoms with Gasteiger partial charge in [-0.3, -0.25) is 0 Å². The zero-order chi connectivity index (χ0) is 22.9. The lowest BCUT2D eigenvalue weighted by Gasteiger charge is -2.14. The van der Waals surface area contributed by atoms with E-state index in [4.69, 9.17) is 29.3 Å². The molecule has 4 N–H and O–H groups in total. The highest BCUT2D eigenvalue weighted by Crippen LogP contribution is 2.13. The minimum absolute atomic E-state index is 0.196. The Morgan fingerprint density at radius 1 is 1.07 bits per heavy atom. The Bertz CT molecular complexity index is 618. The van der Waals surface area contributed by atoms with Crippen molar-refractivity contribution in [2.75, 3.05) is 26.3 Å². The van der Waals surface area contributed by atoms with Crippen LogP contribution in [0.25, 0.3) is 0 Å². The number of ketones is 1. The minimum Gasteiger partial charge on any atom is -0.491 e. The normalized spacial score (nSPS) is 11.4. The molecule has 0 spiro atoms. The number of nitrogens with one attached hydrogen (secondary N) is 1. The second-order valence-electron chi connectivity index (χ2n) is 6.90. The lowest BCUT2D eigenvalue weighted by atomic mass is 10.1. The molecule has 9 heteroatoms. The highest BCUT2D eigenvalue weighted by Gasteiger charge is 2.06. The number of carboxylic acid groups (broad SMARTS) is 2. The number of carbonyl (C=O) groups is 3. The summed E-state index contributed by atoms with van der Waals surface area (Å²) in [6, 6.07) is 7.66. The van der Waals surface area contributed by atoms with Gasteiger partial charge in [0.1, 0.15) is 24.2 Å². The van der Waals surface area contributed by atoms with Crippen molar-refractivity contribution in [1.29, 1.82) is 0 Å². The molecule has 0 amide bonds. The predicted octanol–water partition coefficient (Wildman–Crippen LogP) is 1.51. The van der Waals surface area contributed by atoms with E-state index in [2.05, 4.69) is 5.32 Å². The van der Waals surface area contributed by atoms with Crippen molar-refractivity contribution in [3.8, 4) is 5.75 Å². The molecule has 0 radical (unpaired) electrons. The Hall–Kier alpha value is -2.49. The number of Topliss-reactive ketones (excluding diaryl/α,β-unsaturated/α-hetero) is 1. The first-order valence-corrected chi connectivity index (χ1v) is 9.79. The Labute approximate surface area is 177 Å². The summed E-state index contributed by atoms with van der Waals surface area (Å²) in [6.07, 6.45) is 1.95. The quantitative estimate of drug-likeness (QED) is 0.272. The molecule has 30 heavy (non-hydrogen) atoms. The minimum atomic E-state index is -1.82. The number of carbonyl (C=O) groups excluding carboxylic acids is 1. The number of benzene rings is 1. The molecule has 1 atom stereocenters. The van der Waals surface area contributed by atoms with E-state index in [-0.39, 0.29) is 18.5 Å². The molecule has 1 rings (SSSR count). The standard InChI is InChI=1S/C19H31NO4.C2H2O4/c1-15(2)23-12-4-11-20-13-18(22)14-24-19-9-7-17(8-10-19)6-5-16(3)21;3-1(4)2(5)6/h7-10,15,18,20,22H,4-6,11-14H2,1-3H3;(H,3,4)(H,5,6). The first-order valence-electron chi connectivity index (χ1n) is 9.79. The van der Waals surface area contributed by atoms with Crippen LogP contribution in [-0.4, -0.2) is 71.6 Å². The summed E-state index contributed by atoms with van der Waals surface area (Å²) in [6.45, 7) is 7.93. The van der Waals surface area contributed by atoms with Gasteiger partial charge in [0.2, 0.25) is 0 Å². The van der Waals surface area contributed by atoms with Gasteiger partial charge in [-0.15, -0.1) is 0 Å². The summed E-state index contributed by atoms with van der Waals surface area (Å²) in [5.41, 5.74) is 1.11. The molecule has 1 aromatic carbocycles. The molecular formula is C21H33NO8. The van der Waals surface area contributed by atoms with Gasteiger partial charge in [-0.1, -0.05) is 12.1 Å². The monoisotopic (exact) mass is 427 g/mol. The Balaban J connectivity index is 0.00000122. The molecule has 0 saturated heterocycles. The molecular weight excluding hydrogens is 394 g/mol. The molecule has 1 unspecified atom stereocenters. The highest BCUT2D eigenvalue weighted by atomic mass is 16.5. The van der Waals surface area contributed by atoms with Crippen LogP contribution in [0.4, 0.5) is 0 Å². The lowest BCUT2D eigenvalue weighted by Crippen LogP contribution is -2.32. The molecule has 0 bridgehead atoms. The number of carboxylic acids is 2. The van der Waals surface area contributed by atoms with Crippen molar-refractivity contribution in [3.63, 3.8) is 0 Å². The summed E-state index contributed by atoms with van der Waals surface area (Å²) in [4.78, 5) is 29.2. The predicted molar refractivity (Wildman–Crippen MR) is 111 cm³/mol. The van der Waals surface area contributed by atoms with Crippen molar-refractivity contribution in [2.24, 2.45) is 0 Å². The van der Waals surface area contributed by atoms with Gasteiger partial charge < -0.3 is 34.9 Å². The van der Waals surface area contributed by atoms with Crippen LogP contribution in [0.5, 0.6) is 5.75 Å². The number of hydrogen-bond acceptors (Lipinski definition) is 7. The second-order valence-corrected chi connectivity index (χ2v) is 6.90. The third-order valence-electron chi connectivity index (χ3n) is 3.64. The van der Waals surface area contributed by atoms with E-state index in [1.807, 2.05) is 38.1 Å². The Morgan fingerprint density at radius 2 is 1.67 bits per heavy atom. The molecule has 0 aromatic heterocycles. The van der Waals surface area contributed by atoms with Gasteiger partial charge in [-0.2, -0.15) is 0 Å². The van der Waals surface area contributed by atoms with Crippen molar-refractivity contribution in [3.05, 3.63) is 29.8 Å². The highest BCUT2D eigenvalue weighted by molar-refractivity contribution is 6.27. The molecule has 9 nitrogen and oxygen atoms in total. The Morgan fingerprint density at radius 3 is 2.17 bits per heavy atom. The van der Waals surface area contributed by atoms with Gasteiger partial charge in [0.25, 0.3) is 0 Å². The number of aliphatic hydroxyl groups excluding tert-OH is 1. The van der Waals surface area contributed by atoms with Gasteiger partial charge in [-0.05, 0) is 57.9 Å². The van der Waals surface area contributed by atoms with Crippen LogP contribution in [0.15, 0.2) is 24.3 Å². The molecule has 0 fully saturated rings. The average molecular weight is 427 g/mol. The summed E-state index contributed by atoms with van der Waals surface area (Å²) >= 11 is 0. The number of aryl methyl sites for hydroxylation is 1. The molecule has 1 aromatic rings. The number of aliphatic hydroxyl groups is 1. The van der Waals surface area contributed by atoms with Crippen LogP contribution in [-0.2, 0) is 25.5 Å². The van der Waals surface area contributed by atoms with Crippen LogP contribution in [0.2, 0.25) is 0 Å². The number of hydrogen-bond donors (Lipinski definition) is 4. The number of ether oxygens (including phenoxy) is 2. The largest absolute Gasteiger partial charge is 0.491 e. The van der Waals surface area contributed by atoms with Crippen LogP contribution in [0, 0.1) is 0 Å². The molecule has 0 aliphatic rings. The first kappa shape index (κ1) is 27.5. The maximum Gasteiger partial charge on any atom is 0.414 e. The fourth-order valence-electron chi connectivity index (χ4n) is 2.11. The van der Waals surface area contributed by atoms with Crippen molar-refractivity contribution in [1.82, 2.24) is 5.32 Å². The summed E-state index contributed by atoms with van der Waals surface area (Å²) < 4.78 is 11.0. The summed E-state index contributed by atoms with van der Waals surface area (Å²) in [5, 5.41) is 27.9. The zero-order valence-electron chi connectivity index (χ0n) is 17.8. The van der Waals surface area contributed by atoms with E-state index in [9.17, 15) is 9.90 Å². The first-order chi connectivity index (χ1) is 14.1. The molecule has 0 saturated carbocycles. The van der Waals surface area contributed by atoms with Crippen LogP contribution < -0.4 is 10.1 Å². The maximum absolute atomic E-state index is 11.0. The van der Waals surface area contributed by atoms with Gasteiger partial charge in [-0.25, -0.2) is 9.59 Å². The third kappa shape index (κ3) is 16.5. The molecule has 0 aliphatic heterocycles. The van der Waals surface area contributed by atoms with E-state index >= 15 is 0 Å². The van der Waals surface area contributed by atoms with Crippen molar-refractivity contribution >= 4 is 17.7 Å². The van der Waals surface area contributed by atoms with E-state index in [0.717, 1.165) is 37.3 Å². The summed E-state index contributed by atoms with van der Waals surface area (Å²) in [7, 11) is 0. The average Bonchev–Trinajstić information content (AvgIpc) is 2.68.